The molecular weight excluding hydrogens is 166 g/mol. The normalized spacial score (nSPS) is 10.5. The zero-order valence-electron chi connectivity index (χ0n) is 8.92. The van der Waals surface area contributed by atoms with Gasteiger partial charge in [-0.2, -0.15) is 0 Å². The Morgan fingerprint density at radius 3 is 2.31 bits per heavy atom. The van der Waals surface area contributed by atoms with Gasteiger partial charge in [0, 0.05) is 26.1 Å². The van der Waals surface area contributed by atoms with Crippen molar-refractivity contribution in [2.75, 3.05) is 13.7 Å². The fraction of sp³-hybridized carbons (Fsp3) is 0.900. The summed E-state index contributed by atoms with van der Waals surface area (Å²) in [4.78, 5) is 13.3. The Kier molecular flexibility index (Phi) is 6.59. The predicted molar refractivity (Wildman–Crippen MR) is 53.5 cm³/mol. The molecule has 0 atom stereocenters. The molecule has 3 nitrogen and oxygen atoms in total. The van der Waals surface area contributed by atoms with Gasteiger partial charge in [-0.3, -0.25) is 4.79 Å². The average molecular weight is 187 g/mol. The van der Waals surface area contributed by atoms with Crippen molar-refractivity contribution < 1.29 is 9.90 Å². The van der Waals surface area contributed by atoms with Gasteiger partial charge in [0.2, 0.25) is 5.91 Å². The molecule has 0 rings (SSSR count). The number of aliphatic hydroxyl groups is 1. The number of nitrogens with zero attached hydrogens (tertiary/aromatic N) is 1. The van der Waals surface area contributed by atoms with Crippen LogP contribution in [0.3, 0.4) is 0 Å². The molecule has 0 aromatic heterocycles. The van der Waals surface area contributed by atoms with E-state index >= 15 is 0 Å². The molecule has 1 amide bonds. The van der Waals surface area contributed by atoms with Crippen molar-refractivity contribution in [3.63, 3.8) is 0 Å². The van der Waals surface area contributed by atoms with Gasteiger partial charge in [-0.25, -0.2) is 0 Å². The lowest BCUT2D eigenvalue weighted by Gasteiger charge is -2.26. The maximum absolute atomic E-state index is 11.5. The third-order valence-corrected chi connectivity index (χ3v) is 2.43. The Hall–Kier alpha value is -0.570. The lowest BCUT2D eigenvalue weighted by Crippen LogP contribution is -2.36. The maximum atomic E-state index is 11.5. The van der Waals surface area contributed by atoms with Crippen LogP contribution in [-0.2, 0) is 4.79 Å². The van der Waals surface area contributed by atoms with E-state index in [0.29, 0.717) is 18.9 Å². The smallest absolute Gasteiger partial charge is 0.222 e. The Balaban J connectivity index is 3.91. The minimum absolute atomic E-state index is 0.0997. The van der Waals surface area contributed by atoms with Gasteiger partial charge in [-0.05, 0) is 19.3 Å². The summed E-state index contributed by atoms with van der Waals surface area (Å²) in [5.74, 6) is 0.141. The molecule has 3 heteroatoms. The van der Waals surface area contributed by atoms with Gasteiger partial charge in [0.25, 0.3) is 0 Å². The summed E-state index contributed by atoms with van der Waals surface area (Å²) < 4.78 is 0. The zero-order valence-corrected chi connectivity index (χ0v) is 8.92. The average Bonchev–Trinajstić information content (AvgIpc) is 2.15. The van der Waals surface area contributed by atoms with Crippen molar-refractivity contribution >= 4 is 5.91 Å². The van der Waals surface area contributed by atoms with Crippen LogP contribution in [0.2, 0.25) is 0 Å². The number of hydrogen-bond donors (Lipinski definition) is 1. The fourth-order valence-corrected chi connectivity index (χ4v) is 1.45. The molecular formula is C10H21NO2. The van der Waals surface area contributed by atoms with E-state index in [-0.39, 0.29) is 12.5 Å². The molecule has 0 aliphatic carbocycles. The lowest BCUT2D eigenvalue weighted by molar-refractivity contribution is -0.132. The molecule has 0 aromatic carbocycles. The van der Waals surface area contributed by atoms with Crippen LogP contribution in [0.5, 0.6) is 0 Å². The van der Waals surface area contributed by atoms with E-state index < -0.39 is 0 Å². The molecule has 0 aromatic rings. The minimum atomic E-state index is 0.0997. The third-order valence-electron chi connectivity index (χ3n) is 2.43. The number of carbonyl (C=O) groups is 1. The fourth-order valence-electron chi connectivity index (χ4n) is 1.45. The molecule has 0 unspecified atom stereocenters. The molecule has 0 bridgehead atoms. The topological polar surface area (TPSA) is 40.5 Å². The van der Waals surface area contributed by atoms with E-state index in [1.54, 1.807) is 4.90 Å². The van der Waals surface area contributed by atoms with Crippen molar-refractivity contribution in [1.82, 2.24) is 4.90 Å². The standard InChI is InChI=1S/C10H21NO2/c1-4-9(5-2)11(3)10(13)7-6-8-12/h9,12H,4-8H2,1-3H3. The van der Waals surface area contributed by atoms with Crippen LogP contribution in [0.4, 0.5) is 0 Å². The molecule has 13 heavy (non-hydrogen) atoms. The van der Waals surface area contributed by atoms with Gasteiger partial charge in [0.15, 0.2) is 0 Å². The number of aliphatic hydroxyl groups excluding tert-OH is 1. The molecule has 0 radical (unpaired) electrons. The Labute approximate surface area is 80.7 Å². The molecule has 78 valence electrons. The molecule has 1 N–H and O–H groups in total. The molecule has 0 aliphatic heterocycles. The van der Waals surface area contributed by atoms with E-state index in [4.69, 9.17) is 5.11 Å². The lowest BCUT2D eigenvalue weighted by atomic mass is 10.1. The SMILES string of the molecule is CCC(CC)N(C)C(=O)CCCO. The van der Waals surface area contributed by atoms with Crippen LogP contribution in [0.1, 0.15) is 39.5 Å². The maximum Gasteiger partial charge on any atom is 0.222 e. The Bertz CT molecular complexity index is 144. The first-order valence-electron chi connectivity index (χ1n) is 5.03. The Morgan fingerprint density at radius 2 is 1.92 bits per heavy atom. The molecule has 0 saturated carbocycles. The molecule has 0 aliphatic rings. The van der Waals surface area contributed by atoms with Gasteiger partial charge in [0.05, 0.1) is 0 Å². The summed E-state index contributed by atoms with van der Waals surface area (Å²) in [7, 11) is 1.84. The summed E-state index contributed by atoms with van der Waals surface area (Å²) in [6.07, 6.45) is 3.03. The van der Waals surface area contributed by atoms with Crippen LogP contribution >= 0.6 is 0 Å². The number of hydrogen-bond acceptors (Lipinski definition) is 2. The van der Waals surface area contributed by atoms with Crippen LogP contribution in [0.15, 0.2) is 0 Å². The van der Waals surface area contributed by atoms with Gasteiger partial charge < -0.3 is 10.0 Å². The van der Waals surface area contributed by atoms with E-state index in [2.05, 4.69) is 13.8 Å². The highest BCUT2D eigenvalue weighted by atomic mass is 16.3. The number of amides is 1. The second-order valence-corrected chi connectivity index (χ2v) is 3.30. The molecule has 0 fully saturated rings. The molecule has 0 heterocycles. The van der Waals surface area contributed by atoms with Crippen LogP contribution in [-0.4, -0.2) is 35.6 Å². The quantitative estimate of drug-likeness (QED) is 0.683. The van der Waals surface area contributed by atoms with E-state index in [1.165, 1.54) is 0 Å². The second kappa shape index (κ2) is 6.89. The van der Waals surface area contributed by atoms with Gasteiger partial charge in [-0.15, -0.1) is 0 Å². The largest absolute Gasteiger partial charge is 0.396 e. The minimum Gasteiger partial charge on any atom is -0.396 e. The highest BCUT2D eigenvalue weighted by molar-refractivity contribution is 5.76. The van der Waals surface area contributed by atoms with Gasteiger partial charge >= 0.3 is 0 Å². The first-order valence-corrected chi connectivity index (χ1v) is 5.03. The van der Waals surface area contributed by atoms with Crippen molar-refractivity contribution in [3.05, 3.63) is 0 Å². The van der Waals surface area contributed by atoms with Crippen LogP contribution in [0, 0.1) is 0 Å². The Morgan fingerprint density at radius 1 is 1.38 bits per heavy atom. The highest BCUT2D eigenvalue weighted by Crippen LogP contribution is 2.08. The predicted octanol–water partition coefficient (Wildman–Crippen LogP) is 1.41. The van der Waals surface area contributed by atoms with E-state index in [0.717, 1.165) is 12.8 Å². The highest BCUT2D eigenvalue weighted by Gasteiger charge is 2.15. The van der Waals surface area contributed by atoms with Crippen molar-refractivity contribution in [2.45, 2.75) is 45.6 Å². The van der Waals surface area contributed by atoms with Gasteiger partial charge in [-0.1, -0.05) is 13.8 Å². The van der Waals surface area contributed by atoms with Crippen molar-refractivity contribution in [1.29, 1.82) is 0 Å². The second-order valence-electron chi connectivity index (χ2n) is 3.30. The summed E-state index contributed by atoms with van der Waals surface area (Å²) in [5.41, 5.74) is 0. The first kappa shape index (κ1) is 12.4. The third kappa shape index (κ3) is 4.27. The van der Waals surface area contributed by atoms with Crippen LogP contribution in [0.25, 0.3) is 0 Å². The van der Waals surface area contributed by atoms with E-state index in [1.807, 2.05) is 7.05 Å². The summed E-state index contributed by atoms with van der Waals surface area (Å²) in [6.45, 7) is 4.27. The first-order chi connectivity index (χ1) is 6.17. The van der Waals surface area contributed by atoms with Crippen molar-refractivity contribution in [3.8, 4) is 0 Å². The van der Waals surface area contributed by atoms with E-state index in [9.17, 15) is 4.79 Å². The molecule has 0 saturated heterocycles. The monoisotopic (exact) mass is 187 g/mol. The number of rotatable bonds is 6. The van der Waals surface area contributed by atoms with Gasteiger partial charge in [0.1, 0.15) is 0 Å². The summed E-state index contributed by atoms with van der Waals surface area (Å²) >= 11 is 0. The number of carbonyl (C=O) groups excluding carboxylic acids is 1. The summed E-state index contributed by atoms with van der Waals surface area (Å²) in [6, 6.07) is 0.353. The summed E-state index contributed by atoms with van der Waals surface area (Å²) in [5, 5.41) is 8.58. The van der Waals surface area contributed by atoms with Crippen molar-refractivity contribution in [2.24, 2.45) is 0 Å². The molecule has 0 spiro atoms. The van der Waals surface area contributed by atoms with Crippen LogP contribution < -0.4 is 0 Å². The zero-order chi connectivity index (χ0) is 10.3.